The lowest BCUT2D eigenvalue weighted by Gasteiger charge is -2.18. The zero-order chi connectivity index (χ0) is 52.2. The van der Waals surface area contributed by atoms with Crippen LogP contribution in [0.5, 0.6) is 0 Å². The SMILES string of the molecule is CC/C=C\C/C=C\C/C=C\C/C=C\C/C=C\C/C=C\CCCCC(=O)OCC(COC(=O)CCCCCCCCCCCCCCCCCC)OC(=O)CCCCCCCCC/C=C\CCCCCCCC. The molecule has 0 N–H and O–H groups in total. The normalized spacial score (nSPS) is 12.7. The first kappa shape index (κ1) is 68.6. The second-order valence-corrected chi connectivity index (χ2v) is 20.2. The molecule has 0 amide bonds. The number of unbranched alkanes of at least 4 members (excludes halogenated alkanes) is 30. The van der Waals surface area contributed by atoms with Gasteiger partial charge in [-0.1, -0.05) is 266 Å². The summed E-state index contributed by atoms with van der Waals surface area (Å²) in [6.07, 6.45) is 78.6. The van der Waals surface area contributed by atoms with Crippen molar-refractivity contribution in [2.75, 3.05) is 13.2 Å². The van der Waals surface area contributed by atoms with Crippen molar-refractivity contribution < 1.29 is 28.6 Å². The van der Waals surface area contributed by atoms with Crippen LogP contribution in [0.4, 0.5) is 0 Å². The summed E-state index contributed by atoms with van der Waals surface area (Å²) in [7, 11) is 0. The maximum absolute atomic E-state index is 12.9. The van der Waals surface area contributed by atoms with E-state index in [-0.39, 0.29) is 31.1 Å². The molecule has 0 heterocycles. The monoisotopic (exact) mass is 1000 g/mol. The quantitative estimate of drug-likeness (QED) is 0.0261. The molecule has 0 rings (SSSR count). The Morgan fingerprint density at radius 2 is 0.542 bits per heavy atom. The molecule has 0 aromatic heterocycles. The highest BCUT2D eigenvalue weighted by Gasteiger charge is 2.19. The fraction of sp³-hybridized carbons (Fsp3) is 0.742. The number of hydrogen-bond donors (Lipinski definition) is 0. The van der Waals surface area contributed by atoms with Crippen molar-refractivity contribution in [1.29, 1.82) is 0 Å². The van der Waals surface area contributed by atoms with Gasteiger partial charge in [-0.15, -0.1) is 0 Å². The summed E-state index contributed by atoms with van der Waals surface area (Å²) in [6, 6.07) is 0. The zero-order valence-corrected chi connectivity index (χ0v) is 47.4. The van der Waals surface area contributed by atoms with Gasteiger partial charge in [0.1, 0.15) is 13.2 Å². The van der Waals surface area contributed by atoms with E-state index >= 15 is 0 Å². The van der Waals surface area contributed by atoms with Crippen LogP contribution in [-0.4, -0.2) is 37.2 Å². The smallest absolute Gasteiger partial charge is 0.306 e. The lowest BCUT2D eigenvalue weighted by Crippen LogP contribution is -2.30. The molecule has 0 fully saturated rings. The Morgan fingerprint density at radius 1 is 0.292 bits per heavy atom. The van der Waals surface area contributed by atoms with Crippen molar-refractivity contribution in [3.05, 3.63) is 85.1 Å². The number of carbonyl (C=O) groups excluding carboxylic acids is 3. The number of esters is 3. The maximum atomic E-state index is 12.9. The van der Waals surface area contributed by atoms with Crippen molar-refractivity contribution in [2.45, 2.75) is 303 Å². The number of rotatable bonds is 55. The van der Waals surface area contributed by atoms with Crippen LogP contribution in [0.25, 0.3) is 0 Å². The van der Waals surface area contributed by atoms with Crippen molar-refractivity contribution in [2.24, 2.45) is 0 Å². The van der Waals surface area contributed by atoms with Gasteiger partial charge in [-0.25, -0.2) is 0 Å². The minimum Gasteiger partial charge on any atom is -0.462 e. The molecule has 0 bridgehead atoms. The average Bonchev–Trinajstić information content (AvgIpc) is 3.38. The van der Waals surface area contributed by atoms with Gasteiger partial charge in [-0.05, 0) is 96.3 Å². The van der Waals surface area contributed by atoms with Crippen molar-refractivity contribution in [3.63, 3.8) is 0 Å². The van der Waals surface area contributed by atoms with Gasteiger partial charge in [-0.2, -0.15) is 0 Å². The van der Waals surface area contributed by atoms with Gasteiger partial charge < -0.3 is 14.2 Å². The molecule has 6 heteroatoms. The molecule has 0 aliphatic rings. The molecule has 0 aromatic carbocycles. The molecule has 0 saturated carbocycles. The predicted octanol–water partition coefficient (Wildman–Crippen LogP) is 20.7. The molecule has 0 aliphatic heterocycles. The van der Waals surface area contributed by atoms with E-state index in [2.05, 4.69) is 106 Å². The summed E-state index contributed by atoms with van der Waals surface area (Å²) in [5.41, 5.74) is 0. The zero-order valence-electron chi connectivity index (χ0n) is 47.4. The Kier molecular flexibility index (Phi) is 57.3. The Morgan fingerprint density at radius 3 is 0.889 bits per heavy atom. The Bertz CT molecular complexity index is 1380. The van der Waals surface area contributed by atoms with E-state index < -0.39 is 6.10 Å². The van der Waals surface area contributed by atoms with Gasteiger partial charge in [-0.3, -0.25) is 14.4 Å². The fourth-order valence-corrected chi connectivity index (χ4v) is 8.56. The van der Waals surface area contributed by atoms with Crippen molar-refractivity contribution in [1.82, 2.24) is 0 Å². The standard InChI is InChI=1S/C66H114O6/c1-4-7-10-13-16-19-22-25-28-31-32-33-34-36-38-41-44-47-50-53-56-59-65(68)71-62-63(61-70-64(67)58-55-52-49-46-43-40-37-30-27-24-21-18-15-12-9-6-3)72-66(69)60-57-54-51-48-45-42-39-35-29-26-23-20-17-14-11-8-5-2/h7,10,16,19,25-26,28-29,32-33,36,38,44,47,63H,4-6,8-9,11-15,17-18,20-24,27,30-31,34-35,37,39-43,45-46,48-62H2,1-3H3/b10-7-,19-16-,28-25-,29-26-,33-32-,38-36-,47-44-. The second kappa shape index (κ2) is 60.1. The lowest BCUT2D eigenvalue weighted by atomic mass is 10.0. The van der Waals surface area contributed by atoms with Crippen molar-refractivity contribution in [3.8, 4) is 0 Å². The Balaban J connectivity index is 4.45. The van der Waals surface area contributed by atoms with Crippen LogP contribution in [0.15, 0.2) is 85.1 Å². The van der Waals surface area contributed by atoms with Gasteiger partial charge >= 0.3 is 17.9 Å². The Labute approximate surface area is 445 Å². The third kappa shape index (κ3) is 57.5. The van der Waals surface area contributed by atoms with Gasteiger partial charge in [0.15, 0.2) is 6.10 Å². The summed E-state index contributed by atoms with van der Waals surface area (Å²) in [5, 5.41) is 0. The van der Waals surface area contributed by atoms with Crippen LogP contribution in [0.3, 0.4) is 0 Å². The van der Waals surface area contributed by atoms with E-state index in [1.54, 1.807) is 0 Å². The first-order chi connectivity index (χ1) is 35.5. The number of ether oxygens (including phenoxy) is 3. The van der Waals surface area contributed by atoms with Crippen LogP contribution >= 0.6 is 0 Å². The fourth-order valence-electron chi connectivity index (χ4n) is 8.56. The van der Waals surface area contributed by atoms with Crippen LogP contribution in [0, 0.1) is 0 Å². The van der Waals surface area contributed by atoms with Gasteiger partial charge in [0.25, 0.3) is 0 Å². The van der Waals surface area contributed by atoms with E-state index in [4.69, 9.17) is 14.2 Å². The van der Waals surface area contributed by atoms with Crippen LogP contribution in [0.1, 0.15) is 297 Å². The first-order valence-corrected chi connectivity index (χ1v) is 30.6. The highest BCUT2D eigenvalue weighted by molar-refractivity contribution is 5.71. The summed E-state index contributed by atoms with van der Waals surface area (Å²) < 4.78 is 16.9. The first-order valence-electron chi connectivity index (χ1n) is 30.6. The topological polar surface area (TPSA) is 78.9 Å². The molecule has 0 saturated heterocycles. The number of allylic oxidation sites excluding steroid dienone is 14. The molecule has 1 unspecified atom stereocenters. The average molecular weight is 1000 g/mol. The van der Waals surface area contributed by atoms with Gasteiger partial charge in [0.05, 0.1) is 0 Å². The molecule has 1 atom stereocenters. The lowest BCUT2D eigenvalue weighted by molar-refractivity contribution is -0.167. The predicted molar refractivity (Wildman–Crippen MR) is 311 cm³/mol. The van der Waals surface area contributed by atoms with Crippen LogP contribution < -0.4 is 0 Å². The number of hydrogen-bond acceptors (Lipinski definition) is 6. The highest BCUT2D eigenvalue weighted by atomic mass is 16.6. The molecular weight excluding hydrogens is 889 g/mol. The largest absolute Gasteiger partial charge is 0.462 e. The van der Waals surface area contributed by atoms with Crippen LogP contribution in [0.2, 0.25) is 0 Å². The summed E-state index contributed by atoms with van der Waals surface area (Å²) in [4.78, 5) is 38.2. The van der Waals surface area contributed by atoms with E-state index in [1.165, 1.54) is 161 Å². The molecule has 0 aliphatic carbocycles. The van der Waals surface area contributed by atoms with Crippen LogP contribution in [-0.2, 0) is 28.6 Å². The molecular formula is C66H114O6. The van der Waals surface area contributed by atoms with E-state index in [1.807, 2.05) is 0 Å². The maximum Gasteiger partial charge on any atom is 0.306 e. The molecule has 0 radical (unpaired) electrons. The van der Waals surface area contributed by atoms with Crippen molar-refractivity contribution >= 4 is 17.9 Å². The third-order valence-corrected chi connectivity index (χ3v) is 13.1. The second-order valence-electron chi connectivity index (χ2n) is 20.2. The minimum atomic E-state index is -0.796. The van der Waals surface area contributed by atoms with Gasteiger partial charge in [0.2, 0.25) is 0 Å². The Hall–Kier alpha value is -3.41. The number of carbonyl (C=O) groups is 3. The van der Waals surface area contributed by atoms with E-state index in [9.17, 15) is 14.4 Å². The highest BCUT2D eigenvalue weighted by Crippen LogP contribution is 2.16. The van der Waals surface area contributed by atoms with E-state index in [0.29, 0.717) is 19.3 Å². The molecule has 414 valence electrons. The third-order valence-electron chi connectivity index (χ3n) is 13.1. The molecule has 0 spiro atoms. The summed E-state index contributed by atoms with van der Waals surface area (Å²) in [6.45, 7) is 6.51. The molecule has 72 heavy (non-hydrogen) atoms. The molecule has 6 nitrogen and oxygen atoms in total. The minimum absolute atomic E-state index is 0.0897. The molecule has 0 aromatic rings. The van der Waals surface area contributed by atoms with E-state index in [0.717, 1.165) is 96.3 Å². The summed E-state index contributed by atoms with van der Waals surface area (Å²) in [5.74, 6) is -0.928. The van der Waals surface area contributed by atoms with Gasteiger partial charge in [0, 0.05) is 19.3 Å². The summed E-state index contributed by atoms with van der Waals surface area (Å²) >= 11 is 0.